The fourth-order valence-electron chi connectivity index (χ4n) is 2.78. The topological polar surface area (TPSA) is 53.5 Å². The fourth-order valence-corrected chi connectivity index (χ4v) is 2.78. The Morgan fingerprint density at radius 1 is 1.40 bits per heavy atom. The molecule has 2 atom stereocenters. The summed E-state index contributed by atoms with van der Waals surface area (Å²) in [6.07, 6.45) is 0. The van der Waals surface area contributed by atoms with Gasteiger partial charge in [0.1, 0.15) is 18.2 Å². The molecule has 0 amide bonds. The van der Waals surface area contributed by atoms with Gasteiger partial charge >= 0.3 is 0 Å². The Bertz CT molecular complexity index is 451. The van der Waals surface area contributed by atoms with Crippen molar-refractivity contribution in [3.8, 4) is 0 Å². The van der Waals surface area contributed by atoms with Crippen molar-refractivity contribution in [1.29, 1.82) is 0 Å². The maximum atomic E-state index is 5.15. The van der Waals surface area contributed by atoms with Crippen molar-refractivity contribution >= 4 is 11.6 Å². The second-order valence-corrected chi connectivity index (χ2v) is 5.62. The molecule has 2 rings (SSSR count). The van der Waals surface area contributed by atoms with Gasteiger partial charge in [0.25, 0.3) is 0 Å². The average Bonchev–Trinajstić information content (AvgIpc) is 2.81. The second kappa shape index (κ2) is 6.37. The third-order valence-corrected chi connectivity index (χ3v) is 3.85. The third kappa shape index (κ3) is 3.19. The molecule has 6 heteroatoms. The smallest absolute Gasteiger partial charge is 0.158 e. The summed E-state index contributed by atoms with van der Waals surface area (Å²) in [4.78, 5) is 13.6. The van der Waals surface area contributed by atoms with Crippen LogP contribution in [0.5, 0.6) is 0 Å². The van der Waals surface area contributed by atoms with Crippen LogP contribution in [0.2, 0.25) is 0 Å². The molecule has 0 aliphatic carbocycles. The molecule has 0 spiro atoms. The molecule has 20 heavy (non-hydrogen) atoms. The molecular formula is C14H25N5O. The first-order valence-electron chi connectivity index (χ1n) is 7.01. The molecule has 0 bridgehead atoms. The van der Waals surface area contributed by atoms with E-state index < -0.39 is 0 Å². The third-order valence-electron chi connectivity index (χ3n) is 3.85. The van der Waals surface area contributed by atoms with E-state index in [1.165, 1.54) is 0 Å². The highest BCUT2D eigenvalue weighted by atomic mass is 16.5. The largest absolute Gasteiger partial charge is 0.377 e. The van der Waals surface area contributed by atoms with Crippen LogP contribution in [0.25, 0.3) is 0 Å². The minimum absolute atomic E-state index is 0.434. The molecule has 0 radical (unpaired) electrons. The SMILES string of the molecule is CNc1cc(N2CC(C)C(N(C)C)C2)nc(COC)n1. The van der Waals surface area contributed by atoms with Crippen LogP contribution in [0.3, 0.4) is 0 Å². The van der Waals surface area contributed by atoms with Crippen molar-refractivity contribution < 1.29 is 4.74 Å². The molecule has 6 nitrogen and oxygen atoms in total. The standard InChI is InChI=1S/C14H25N5O/c1-10-7-19(8-11(10)18(3)4)14-6-12(15-2)16-13(17-14)9-20-5/h6,10-11H,7-9H2,1-5H3,(H,15,16,17). The van der Waals surface area contributed by atoms with Gasteiger partial charge in [-0.2, -0.15) is 0 Å². The van der Waals surface area contributed by atoms with E-state index in [0.29, 0.717) is 18.6 Å². The molecule has 1 N–H and O–H groups in total. The minimum atomic E-state index is 0.434. The molecule has 1 aromatic heterocycles. The molecule has 0 aromatic carbocycles. The van der Waals surface area contributed by atoms with Crippen LogP contribution in [-0.2, 0) is 11.3 Å². The zero-order valence-corrected chi connectivity index (χ0v) is 13.1. The Labute approximate surface area is 121 Å². The summed E-state index contributed by atoms with van der Waals surface area (Å²) in [6.45, 7) is 4.75. The first-order chi connectivity index (χ1) is 9.55. The molecule has 0 saturated carbocycles. The number of methoxy groups -OCH3 is 1. The van der Waals surface area contributed by atoms with Gasteiger partial charge in [-0.15, -0.1) is 0 Å². The molecule has 1 fully saturated rings. The highest BCUT2D eigenvalue weighted by Gasteiger charge is 2.32. The van der Waals surface area contributed by atoms with E-state index in [0.717, 1.165) is 30.5 Å². The summed E-state index contributed by atoms with van der Waals surface area (Å²) >= 11 is 0. The number of hydrogen-bond acceptors (Lipinski definition) is 6. The van der Waals surface area contributed by atoms with Gasteiger partial charge < -0.3 is 19.9 Å². The summed E-state index contributed by atoms with van der Waals surface area (Å²) in [5.74, 6) is 3.16. The molecule has 1 aliphatic rings. The minimum Gasteiger partial charge on any atom is -0.377 e. The van der Waals surface area contributed by atoms with E-state index in [1.54, 1.807) is 7.11 Å². The van der Waals surface area contributed by atoms with E-state index in [9.17, 15) is 0 Å². The van der Waals surface area contributed by atoms with Crippen molar-refractivity contribution in [3.63, 3.8) is 0 Å². The second-order valence-electron chi connectivity index (χ2n) is 5.62. The number of nitrogens with zero attached hydrogens (tertiary/aromatic N) is 4. The van der Waals surface area contributed by atoms with Crippen molar-refractivity contribution in [1.82, 2.24) is 14.9 Å². The van der Waals surface area contributed by atoms with Gasteiger partial charge in [-0.05, 0) is 20.0 Å². The number of aromatic nitrogens is 2. The van der Waals surface area contributed by atoms with Crippen molar-refractivity contribution in [2.24, 2.45) is 5.92 Å². The molecule has 2 unspecified atom stereocenters. The number of nitrogens with one attached hydrogen (secondary N) is 1. The van der Waals surface area contributed by atoms with E-state index in [-0.39, 0.29) is 0 Å². The van der Waals surface area contributed by atoms with E-state index in [4.69, 9.17) is 4.74 Å². The number of hydrogen-bond donors (Lipinski definition) is 1. The summed E-state index contributed by atoms with van der Waals surface area (Å²) in [6, 6.07) is 2.57. The molecule has 2 heterocycles. The van der Waals surface area contributed by atoms with Crippen LogP contribution in [0.1, 0.15) is 12.7 Å². The van der Waals surface area contributed by atoms with Crippen LogP contribution in [0.4, 0.5) is 11.6 Å². The Hall–Kier alpha value is -1.40. The van der Waals surface area contributed by atoms with Crippen LogP contribution in [-0.4, -0.2) is 62.3 Å². The van der Waals surface area contributed by atoms with Crippen LogP contribution in [0.15, 0.2) is 6.07 Å². The van der Waals surface area contributed by atoms with Crippen molar-refractivity contribution in [2.75, 3.05) is 51.6 Å². The summed E-state index contributed by atoms with van der Waals surface area (Å²) in [5, 5.41) is 3.09. The average molecular weight is 279 g/mol. The predicted molar refractivity (Wildman–Crippen MR) is 81.1 cm³/mol. The summed E-state index contributed by atoms with van der Waals surface area (Å²) in [5.41, 5.74) is 0. The van der Waals surface area contributed by atoms with Gasteiger partial charge in [0.05, 0.1) is 0 Å². The summed E-state index contributed by atoms with van der Waals surface area (Å²) in [7, 11) is 7.81. The highest BCUT2D eigenvalue weighted by molar-refractivity contribution is 5.50. The number of likely N-dealkylation sites (N-methyl/N-ethyl adjacent to an activating group) is 1. The lowest BCUT2D eigenvalue weighted by atomic mass is 10.1. The van der Waals surface area contributed by atoms with Gasteiger partial charge in [-0.25, -0.2) is 9.97 Å². The van der Waals surface area contributed by atoms with Gasteiger partial charge in [-0.1, -0.05) is 6.92 Å². The van der Waals surface area contributed by atoms with Crippen LogP contribution in [0, 0.1) is 5.92 Å². The zero-order valence-electron chi connectivity index (χ0n) is 13.1. The Morgan fingerprint density at radius 3 is 2.70 bits per heavy atom. The Balaban J connectivity index is 2.22. The lowest BCUT2D eigenvalue weighted by molar-refractivity contribution is 0.178. The first-order valence-corrected chi connectivity index (χ1v) is 7.01. The number of ether oxygens (including phenoxy) is 1. The maximum absolute atomic E-state index is 5.15. The van der Waals surface area contributed by atoms with Gasteiger partial charge in [0.2, 0.25) is 0 Å². The summed E-state index contributed by atoms with van der Waals surface area (Å²) < 4.78 is 5.15. The van der Waals surface area contributed by atoms with Gasteiger partial charge in [0.15, 0.2) is 5.82 Å². The normalized spacial score (nSPS) is 22.6. The van der Waals surface area contributed by atoms with E-state index in [1.807, 2.05) is 13.1 Å². The molecular weight excluding hydrogens is 254 g/mol. The molecule has 1 aromatic rings. The van der Waals surface area contributed by atoms with E-state index in [2.05, 4.69) is 46.1 Å². The quantitative estimate of drug-likeness (QED) is 0.869. The Kier molecular flexibility index (Phi) is 4.77. The molecule has 112 valence electrons. The number of rotatable bonds is 5. The molecule has 1 aliphatic heterocycles. The lowest BCUT2D eigenvalue weighted by Crippen LogP contribution is -2.34. The Morgan fingerprint density at radius 2 is 2.15 bits per heavy atom. The number of anilines is 2. The zero-order chi connectivity index (χ0) is 14.7. The van der Waals surface area contributed by atoms with Crippen LogP contribution < -0.4 is 10.2 Å². The van der Waals surface area contributed by atoms with Crippen molar-refractivity contribution in [2.45, 2.75) is 19.6 Å². The first kappa shape index (κ1) is 15.0. The van der Waals surface area contributed by atoms with E-state index >= 15 is 0 Å². The predicted octanol–water partition coefficient (Wildman–Crippen LogP) is 1.05. The maximum Gasteiger partial charge on any atom is 0.158 e. The fraction of sp³-hybridized carbons (Fsp3) is 0.714. The van der Waals surface area contributed by atoms with Crippen molar-refractivity contribution in [3.05, 3.63) is 11.9 Å². The van der Waals surface area contributed by atoms with Crippen LogP contribution >= 0.6 is 0 Å². The monoisotopic (exact) mass is 279 g/mol. The van der Waals surface area contributed by atoms with Gasteiger partial charge in [0, 0.05) is 39.4 Å². The molecule has 1 saturated heterocycles. The lowest BCUT2D eigenvalue weighted by Gasteiger charge is -2.23. The van der Waals surface area contributed by atoms with Gasteiger partial charge in [-0.3, -0.25) is 0 Å². The highest BCUT2D eigenvalue weighted by Crippen LogP contribution is 2.26.